The van der Waals surface area contributed by atoms with E-state index in [0.717, 1.165) is 42.9 Å². The van der Waals surface area contributed by atoms with Crippen molar-refractivity contribution in [3.63, 3.8) is 0 Å². The Morgan fingerprint density at radius 2 is 2.07 bits per heavy atom. The normalized spacial score (nSPS) is 19.0. The molecule has 7 nitrogen and oxygen atoms in total. The Bertz CT molecular complexity index is 1050. The summed E-state index contributed by atoms with van der Waals surface area (Å²) in [6.07, 6.45) is 6.85. The average molecular weight is 389 g/mol. The van der Waals surface area contributed by atoms with Crippen molar-refractivity contribution >= 4 is 35.5 Å². The summed E-state index contributed by atoms with van der Waals surface area (Å²) in [5, 5.41) is 8.55. The Kier molecular flexibility index (Phi) is 5.46. The maximum atomic E-state index is 12.5. The van der Waals surface area contributed by atoms with E-state index in [1.807, 2.05) is 35.1 Å². The predicted octanol–water partition coefficient (Wildman–Crippen LogP) is 3.81. The van der Waals surface area contributed by atoms with Gasteiger partial charge in [0, 0.05) is 23.2 Å². The molecule has 1 amide bonds. The van der Waals surface area contributed by atoms with Crippen molar-refractivity contribution in [2.45, 2.75) is 38.3 Å². The molecule has 0 radical (unpaired) electrons. The number of nitrogens with one attached hydrogen (secondary N) is 1. The third kappa shape index (κ3) is 4.23. The largest absolute Gasteiger partial charge is 0.321 e. The highest BCUT2D eigenvalue weighted by molar-refractivity contribution is 6.03. The van der Waals surface area contributed by atoms with E-state index in [4.69, 9.17) is 0 Å². The van der Waals surface area contributed by atoms with Gasteiger partial charge in [-0.05, 0) is 62.7 Å². The molecule has 1 aliphatic rings. The monoisotopic (exact) mass is 389 g/mol. The smallest absolute Gasteiger partial charge is 0.274 e. The third-order valence-corrected chi connectivity index (χ3v) is 5.40. The Labute approximate surface area is 168 Å². The van der Waals surface area contributed by atoms with Crippen LogP contribution in [0.5, 0.6) is 0 Å². The zero-order valence-electron chi connectivity index (χ0n) is 16.1. The Morgan fingerprint density at radius 3 is 2.83 bits per heavy atom. The van der Waals surface area contributed by atoms with E-state index >= 15 is 0 Å². The number of nitrogens with zero attached hydrogens (tertiary/aromatic N) is 4. The lowest BCUT2D eigenvalue weighted by Crippen LogP contribution is -2.19. The lowest BCUT2D eigenvalue weighted by molar-refractivity contribution is -0.112. The molecule has 148 valence electrons. The van der Waals surface area contributed by atoms with E-state index in [2.05, 4.69) is 27.1 Å². The molecule has 3 aromatic rings. The van der Waals surface area contributed by atoms with Crippen LogP contribution in [-0.4, -0.2) is 33.7 Å². The summed E-state index contributed by atoms with van der Waals surface area (Å²) in [6, 6.07) is 11.3. The molecule has 0 atom stereocenters. The number of hydrogen-bond acceptors (Lipinski definition) is 5. The van der Waals surface area contributed by atoms with Gasteiger partial charge in [-0.2, -0.15) is 5.10 Å². The van der Waals surface area contributed by atoms with Gasteiger partial charge >= 0.3 is 0 Å². The molecule has 0 bridgehead atoms. The molecule has 1 saturated carbocycles. The number of benzene rings is 1. The standard InChI is InChI=1S/C22H23N5O2/c1-23-12-18-3-2-4-21(24-18)22(29)25-17-7-10-20-16(11-17)13-27(26-20)19-8-5-15(14-28)6-9-19/h2-4,7,10-11,13-15,19H,1,5-6,8-9,12H2,(H,25,29)/t15-,19-. The van der Waals surface area contributed by atoms with Crippen LogP contribution < -0.4 is 5.32 Å². The minimum atomic E-state index is -0.269. The molecule has 0 spiro atoms. The van der Waals surface area contributed by atoms with Gasteiger partial charge in [0.25, 0.3) is 5.91 Å². The SMILES string of the molecule is C=NCc1cccc(C(=O)Nc2ccc3nn([C@H]4CC[C@H](C=O)CC4)cc3c2)n1. The second kappa shape index (κ2) is 8.34. The highest BCUT2D eigenvalue weighted by Gasteiger charge is 2.22. The first kappa shape index (κ1) is 19.0. The molecule has 2 heterocycles. The number of aliphatic imine (C=N–C) groups is 1. The number of hydrogen-bond donors (Lipinski definition) is 1. The quantitative estimate of drug-likeness (QED) is 0.513. The number of fused-ring (bicyclic) bond motifs is 1. The van der Waals surface area contributed by atoms with Crippen LogP contribution in [0.2, 0.25) is 0 Å². The van der Waals surface area contributed by atoms with Gasteiger partial charge < -0.3 is 10.1 Å². The molecule has 2 aromatic heterocycles. The second-order valence-corrected chi connectivity index (χ2v) is 7.44. The number of anilines is 1. The van der Waals surface area contributed by atoms with E-state index in [0.29, 0.717) is 29.7 Å². The summed E-state index contributed by atoms with van der Waals surface area (Å²) >= 11 is 0. The van der Waals surface area contributed by atoms with Crippen LogP contribution in [0.15, 0.2) is 47.6 Å². The number of amides is 1. The van der Waals surface area contributed by atoms with Crippen LogP contribution in [0.1, 0.15) is 47.9 Å². The lowest BCUT2D eigenvalue weighted by Gasteiger charge is -2.25. The Morgan fingerprint density at radius 1 is 1.24 bits per heavy atom. The number of carbonyl (C=O) groups is 2. The highest BCUT2D eigenvalue weighted by Crippen LogP contribution is 2.32. The van der Waals surface area contributed by atoms with E-state index in [-0.39, 0.29) is 11.8 Å². The van der Waals surface area contributed by atoms with Gasteiger partial charge in [-0.1, -0.05) is 6.07 Å². The van der Waals surface area contributed by atoms with Crippen molar-refractivity contribution in [1.29, 1.82) is 0 Å². The minimum absolute atomic E-state index is 0.187. The maximum Gasteiger partial charge on any atom is 0.274 e. The van der Waals surface area contributed by atoms with Crippen molar-refractivity contribution < 1.29 is 9.59 Å². The molecule has 1 aromatic carbocycles. The summed E-state index contributed by atoms with van der Waals surface area (Å²) < 4.78 is 2.00. The van der Waals surface area contributed by atoms with E-state index in [1.165, 1.54) is 0 Å². The number of aldehydes is 1. The van der Waals surface area contributed by atoms with Gasteiger partial charge in [0.1, 0.15) is 12.0 Å². The molecular weight excluding hydrogens is 366 g/mol. The van der Waals surface area contributed by atoms with Crippen molar-refractivity contribution in [3.05, 3.63) is 54.0 Å². The van der Waals surface area contributed by atoms with Crippen LogP contribution >= 0.6 is 0 Å². The summed E-state index contributed by atoms with van der Waals surface area (Å²) in [5.74, 6) is -0.0812. The molecular formula is C22H23N5O2. The highest BCUT2D eigenvalue weighted by atomic mass is 16.1. The third-order valence-electron chi connectivity index (χ3n) is 5.40. The van der Waals surface area contributed by atoms with Crippen molar-refractivity contribution in [2.75, 3.05) is 5.32 Å². The van der Waals surface area contributed by atoms with E-state index in [9.17, 15) is 9.59 Å². The zero-order valence-corrected chi connectivity index (χ0v) is 16.1. The molecule has 1 fully saturated rings. The molecule has 0 saturated heterocycles. The fraction of sp³-hybridized carbons (Fsp3) is 0.318. The lowest BCUT2D eigenvalue weighted by atomic mass is 9.87. The van der Waals surface area contributed by atoms with E-state index in [1.54, 1.807) is 12.1 Å². The summed E-state index contributed by atoms with van der Waals surface area (Å²) in [6.45, 7) is 3.83. The first-order chi connectivity index (χ1) is 14.2. The number of rotatable bonds is 6. The molecule has 7 heteroatoms. The molecule has 0 unspecified atom stereocenters. The van der Waals surface area contributed by atoms with Crippen molar-refractivity contribution in [3.8, 4) is 0 Å². The van der Waals surface area contributed by atoms with Crippen molar-refractivity contribution in [2.24, 2.45) is 10.9 Å². The van der Waals surface area contributed by atoms with Gasteiger partial charge in [0.2, 0.25) is 0 Å². The first-order valence-corrected chi connectivity index (χ1v) is 9.80. The van der Waals surface area contributed by atoms with Crippen LogP contribution in [0.25, 0.3) is 10.9 Å². The van der Waals surface area contributed by atoms with Crippen LogP contribution in [0.4, 0.5) is 5.69 Å². The molecule has 29 heavy (non-hydrogen) atoms. The topological polar surface area (TPSA) is 89.2 Å². The van der Waals surface area contributed by atoms with Gasteiger partial charge in [-0.25, -0.2) is 4.98 Å². The fourth-order valence-corrected chi connectivity index (χ4v) is 3.82. The molecule has 4 rings (SSSR count). The van der Waals surface area contributed by atoms with Gasteiger partial charge in [-0.15, -0.1) is 0 Å². The summed E-state index contributed by atoms with van der Waals surface area (Å²) in [5.41, 5.74) is 2.63. The van der Waals surface area contributed by atoms with Gasteiger partial charge in [0.15, 0.2) is 0 Å². The molecule has 1 aliphatic carbocycles. The van der Waals surface area contributed by atoms with Crippen LogP contribution in [0.3, 0.4) is 0 Å². The van der Waals surface area contributed by atoms with Crippen molar-refractivity contribution in [1.82, 2.24) is 14.8 Å². The minimum Gasteiger partial charge on any atom is -0.321 e. The number of pyridine rings is 1. The summed E-state index contributed by atoms with van der Waals surface area (Å²) in [7, 11) is 0. The van der Waals surface area contributed by atoms with Crippen LogP contribution in [0, 0.1) is 5.92 Å². The van der Waals surface area contributed by atoms with Crippen LogP contribution in [-0.2, 0) is 11.3 Å². The maximum absolute atomic E-state index is 12.5. The summed E-state index contributed by atoms with van der Waals surface area (Å²) in [4.78, 5) is 31.6. The number of carbonyl (C=O) groups excluding carboxylic acids is 2. The zero-order chi connectivity index (χ0) is 20.2. The second-order valence-electron chi connectivity index (χ2n) is 7.44. The average Bonchev–Trinajstić information content (AvgIpc) is 3.17. The fourth-order valence-electron chi connectivity index (χ4n) is 3.82. The van der Waals surface area contributed by atoms with E-state index < -0.39 is 0 Å². The Balaban J connectivity index is 1.49. The predicted molar refractivity (Wildman–Crippen MR) is 112 cm³/mol. The van der Waals surface area contributed by atoms with Gasteiger partial charge in [-0.3, -0.25) is 14.5 Å². The number of aromatic nitrogens is 3. The molecule has 0 aliphatic heterocycles. The van der Waals surface area contributed by atoms with Gasteiger partial charge in [0.05, 0.1) is 23.8 Å². The first-order valence-electron chi connectivity index (χ1n) is 9.80. The Hall–Kier alpha value is -3.35. The molecule has 1 N–H and O–H groups in total.